The first-order chi connectivity index (χ1) is 8.97. The first-order valence-corrected chi connectivity index (χ1v) is 8.24. The third-order valence-electron chi connectivity index (χ3n) is 2.81. The van der Waals surface area contributed by atoms with E-state index in [1.165, 1.54) is 0 Å². The highest BCUT2D eigenvalue weighted by atomic mass is 127. The molecule has 0 radical (unpaired) electrons. The average Bonchev–Trinajstić information content (AvgIpc) is 2.35. The van der Waals surface area contributed by atoms with Gasteiger partial charge in [-0.05, 0) is 70.5 Å². The quantitative estimate of drug-likeness (QED) is 0.580. The lowest BCUT2D eigenvalue weighted by molar-refractivity contribution is 0.718. The van der Waals surface area contributed by atoms with E-state index >= 15 is 0 Å². The van der Waals surface area contributed by atoms with Gasteiger partial charge in [0.15, 0.2) is 0 Å². The Bertz CT molecular complexity index is 604. The standard InChI is InChI=1S/C14H11BrCl2IN/c15-9-2-1-8(12(17)6-9)5-14(19)11-7-10(16)3-4-13(11)18/h1-4,6-7,14H,5,19H2. The summed E-state index contributed by atoms with van der Waals surface area (Å²) in [6, 6.07) is 11.5. The van der Waals surface area contributed by atoms with Crippen molar-refractivity contribution in [2.75, 3.05) is 0 Å². The molecule has 2 aromatic rings. The summed E-state index contributed by atoms with van der Waals surface area (Å²) >= 11 is 17.9. The van der Waals surface area contributed by atoms with Crippen molar-refractivity contribution in [2.45, 2.75) is 12.5 Å². The normalized spacial score (nSPS) is 12.5. The van der Waals surface area contributed by atoms with Gasteiger partial charge in [0.1, 0.15) is 0 Å². The Hall–Kier alpha value is 0.190. The predicted molar refractivity (Wildman–Crippen MR) is 94.0 cm³/mol. The molecule has 0 heterocycles. The summed E-state index contributed by atoms with van der Waals surface area (Å²) in [6.45, 7) is 0. The molecule has 0 aromatic heterocycles. The second-order valence-electron chi connectivity index (χ2n) is 4.21. The molecule has 0 bridgehead atoms. The first-order valence-electron chi connectivity index (χ1n) is 5.62. The van der Waals surface area contributed by atoms with E-state index in [-0.39, 0.29) is 6.04 Å². The van der Waals surface area contributed by atoms with Gasteiger partial charge in [0.2, 0.25) is 0 Å². The molecule has 2 N–H and O–H groups in total. The first kappa shape index (κ1) is 15.6. The molecule has 5 heteroatoms. The Morgan fingerprint density at radius 1 is 1.16 bits per heavy atom. The van der Waals surface area contributed by atoms with Crippen LogP contribution in [0.15, 0.2) is 40.9 Å². The summed E-state index contributed by atoms with van der Waals surface area (Å²) in [7, 11) is 0. The maximum Gasteiger partial charge on any atom is 0.0449 e. The van der Waals surface area contributed by atoms with Crippen molar-refractivity contribution < 1.29 is 0 Å². The van der Waals surface area contributed by atoms with Crippen molar-refractivity contribution in [2.24, 2.45) is 5.73 Å². The smallest absolute Gasteiger partial charge is 0.0449 e. The van der Waals surface area contributed by atoms with E-state index in [1.807, 2.05) is 36.4 Å². The van der Waals surface area contributed by atoms with Gasteiger partial charge in [0.25, 0.3) is 0 Å². The molecule has 2 aromatic carbocycles. The van der Waals surface area contributed by atoms with Crippen LogP contribution >= 0.6 is 61.7 Å². The molecular formula is C14H11BrCl2IN. The third kappa shape index (κ3) is 4.08. The summed E-state index contributed by atoms with van der Waals surface area (Å²) in [5.41, 5.74) is 8.35. The second-order valence-corrected chi connectivity index (χ2v) is 7.13. The van der Waals surface area contributed by atoms with Crippen LogP contribution < -0.4 is 5.73 Å². The van der Waals surface area contributed by atoms with E-state index in [0.29, 0.717) is 11.4 Å². The van der Waals surface area contributed by atoms with Gasteiger partial charge in [-0.2, -0.15) is 0 Å². The lowest BCUT2D eigenvalue weighted by atomic mass is 10.00. The lowest BCUT2D eigenvalue weighted by Gasteiger charge is -2.15. The summed E-state index contributed by atoms with van der Waals surface area (Å²) < 4.78 is 2.08. The van der Waals surface area contributed by atoms with Crippen LogP contribution in [-0.2, 0) is 6.42 Å². The number of hydrogen-bond donors (Lipinski definition) is 1. The highest BCUT2D eigenvalue weighted by Gasteiger charge is 2.13. The number of rotatable bonds is 3. The molecular weight excluding hydrogens is 460 g/mol. The molecule has 0 aliphatic carbocycles. The molecule has 0 saturated carbocycles. The van der Waals surface area contributed by atoms with Crippen LogP contribution in [0.4, 0.5) is 0 Å². The van der Waals surface area contributed by atoms with Crippen LogP contribution in [0.25, 0.3) is 0 Å². The minimum absolute atomic E-state index is 0.121. The zero-order valence-corrected chi connectivity index (χ0v) is 15.1. The van der Waals surface area contributed by atoms with E-state index in [1.54, 1.807) is 0 Å². The second kappa shape index (κ2) is 6.76. The van der Waals surface area contributed by atoms with E-state index < -0.39 is 0 Å². The van der Waals surface area contributed by atoms with Gasteiger partial charge < -0.3 is 5.73 Å². The van der Waals surface area contributed by atoms with Crippen LogP contribution in [0.2, 0.25) is 10.0 Å². The molecule has 0 saturated heterocycles. The van der Waals surface area contributed by atoms with Gasteiger partial charge in [-0.1, -0.05) is 45.2 Å². The SMILES string of the molecule is NC(Cc1ccc(Br)cc1Cl)c1cc(Cl)ccc1I. The van der Waals surface area contributed by atoms with Crippen molar-refractivity contribution in [3.63, 3.8) is 0 Å². The fraction of sp³-hybridized carbons (Fsp3) is 0.143. The number of nitrogens with two attached hydrogens (primary N) is 1. The molecule has 0 spiro atoms. The molecule has 0 aliphatic heterocycles. The molecule has 1 atom stereocenters. The van der Waals surface area contributed by atoms with Crippen molar-refractivity contribution in [1.82, 2.24) is 0 Å². The van der Waals surface area contributed by atoms with Gasteiger partial charge in [-0.25, -0.2) is 0 Å². The highest BCUT2D eigenvalue weighted by Crippen LogP contribution is 2.28. The Kier molecular flexibility index (Phi) is 5.55. The van der Waals surface area contributed by atoms with Gasteiger partial charge in [-0.3, -0.25) is 0 Å². The molecule has 19 heavy (non-hydrogen) atoms. The summed E-state index contributed by atoms with van der Waals surface area (Å²) in [6.07, 6.45) is 0.683. The van der Waals surface area contributed by atoms with Crippen molar-refractivity contribution in [3.8, 4) is 0 Å². The van der Waals surface area contributed by atoms with E-state index in [4.69, 9.17) is 28.9 Å². The molecule has 1 unspecified atom stereocenters. The lowest BCUT2D eigenvalue weighted by Crippen LogP contribution is -2.15. The monoisotopic (exact) mass is 469 g/mol. The fourth-order valence-electron chi connectivity index (χ4n) is 1.83. The highest BCUT2D eigenvalue weighted by molar-refractivity contribution is 14.1. The largest absolute Gasteiger partial charge is 0.324 e. The van der Waals surface area contributed by atoms with Crippen LogP contribution in [0.3, 0.4) is 0 Å². The van der Waals surface area contributed by atoms with E-state index in [2.05, 4.69) is 38.5 Å². The van der Waals surface area contributed by atoms with Crippen molar-refractivity contribution in [1.29, 1.82) is 0 Å². The van der Waals surface area contributed by atoms with Crippen LogP contribution in [0.5, 0.6) is 0 Å². The Labute approximate surface area is 144 Å². The van der Waals surface area contributed by atoms with Crippen molar-refractivity contribution >= 4 is 61.7 Å². The van der Waals surface area contributed by atoms with E-state index in [0.717, 1.165) is 24.2 Å². The van der Waals surface area contributed by atoms with Crippen molar-refractivity contribution in [3.05, 3.63) is 65.6 Å². The predicted octanol–water partition coefficient (Wildman–Crippen LogP) is 5.60. The topological polar surface area (TPSA) is 26.0 Å². The minimum Gasteiger partial charge on any atom is -0.324 e. The molecule has 0 amide bonds. The van der Waals surface area contributed by atoms with Gasteiger partial charge in [-0.15, -0.1) is 0 Å². The number of halogens is 4. The molecule has 0 fully saturated rings. The molecule has 0 aliphatic rings. The van der Waals surface area contributed by atoms with Crippen LogP contribution in [0.1, 0.15) is 17.2 Å². The third-order valence-corrected chi connectivity index (χ3v) is 4.88. The number of hydrogen-bond acceptors (Lipinski definition) is 1. The van der Waals surface area contributed by atoms with Gasteiger partial charge in [0.05, 0.1) is 0 Å². The molecule has 2 rings (SSSR count). The average molecular weight is 471 g/mol. The maximum atomic E-state index is 6.27. The Morgan fingerprint density at radius 3 is 2.58 bits per heavy atom. The molecule has 100 valence electrons. The maximum absolute atomic E-state index is 6.27. The minimum atomic E-state index is -0.121. The number of benzene rings is 2. The summed E-state index contributed by atoms with van der Waals surface area (Å²) in [5, 5.41) is 1.43. The van der Waals surface area contributed by atoms with Gasteiger partial charge in [0, 0.05) is 24.1 Å². The van der Waals surface area contributed by atoms with Crippen LogP contribution in [0, 0.1) is 3.57 Å². The Balaban J connectivity index is 2.25. The fourth-order valence-corrected chi connectivity index (χ4v) is 3.50. The zero-order chi connectivity index (χ0) is 14.0. The summed E-state index contributed by atoms with van der Waals surface area (Å²) in [5.74, 6) is 0. The molecule has 1 nitrogen and oxygen atoms in total. The van der Waals surface area contributed by atoms with Crippen LogP contribution in [-0.4, -0.2) is 0 Å². The Morgan fingerprint density at radius 2 is 1.89 bits per heavy atom. The van der Waals surface area contributed by atoms with Gasteiger partial charge >= 0.3 is 0 Å². The zero-order valence-electron chi connectivity index (χ0n) is 9.84. The van der Waals surface area contributed by atoms with E-state index in [9.17, 15) is 0 Å². The summed E-state index contributed by atoms with van der Waals surface area (Å²) in [4.78, 5) is 0.